The quantitative estimate of drug-likeness (QED) is 0.506. The third kappa shape index (κ3) is 3.38. The molecule has 0 saturated carbocycles. The van der Waals surface area contributed by atoms with Crippen molar-refractivity contribution in [2.75, 3.05) is 5.32 Å². The zero-order valence-corrected chi connectivity index (χ0v) is 16.0. The van der Waals surface area contributed by atoms with Crippen LogP contribution in [0, 0.1) is 0 Å². The molecule has 2 heterocycles. The molecule has 0 radical (unpaired) electrons. The lowest BCUT2D eigenvalue weighted by atomic mass is 10.2. The molecule has 4 rings (SSSR count). The first kappa shape index (κ1) is 16.8. The number of carbonyl (C=O) groups is 1. The van der Waals surface area contributed by atoms with Gasteiger partial charge in [-0.1, -0.05) is 29.4 Å². The van der Waals surface area contributed by atoms with Crippen molar-refractivity contribution in [3.63, 3.8) is 0 Å². The minimum absolute atomic E-state index is 0.0640. The fraction of sp³-hybridized carbons (Fsp3) is 0.278. The van der Waals surface area contributed by atoms with E-state index in [4.69, 9.17) is 11.6 Å². The van der Waals surface area contributed by atoms with Gasteiger partial charge >= 0.3 is 0 Å². The van der Waals surface area contributed by atoms with Crippen LogP contribution >= 0.6 is 34.7 Å². The summed E-state index contributed by atoms with van der Waals surface area (Å²) in [5.41, 5.74) is 2.08. The highest BCUT2D eigenvalue weighted by atomic mass is 35.5. The van der Waals surface area contributed by atoms with E-state index in [2.05, 4.69) is 15.3 Å². The fourth-order valence-electron chi connectivity index (χ4n) is 3.02. The Kier molecular flexibility index (Phi) is 4.67. The third-order valence-electron chi connectivity index (χ3n) is 4.22. The zero-order chi connectivity index (χ0) is 17.4. The number of fused-ring (bicyclic) bond motifs is 3. The van der Waals surface area contributed by atoms with E-state index in [0.717, 1.165) is 28.1 Å². The van der Waals surface area contributed by atoms with Gasteiger partial charge in [0, 0.05) is 21.0 Å². The van der Waals surface area contributed by atoms with Crippen LogP contribution in [0.4, 0.5) is 5.69 Å². The summed E-state index contributed by atoms with van der Waals surface area (Å²) in [4.78, 5) is 23.8. The first-order valence-corrected chi connectivity index (χ1v) is 10.2. The number of benzene rings is 1. The molecule has 1 aliphatic rings. The van der Waals surface area contributed by atoms with Crippen LogP contribution in [-0.4, -0.2) is 21.1 Å². The van der Waals surface area contributed by atoms with Crippen molar-refractivity contribution in [1.82, 2.24) is 9.97 Å². The van der Waals surface area contributed by atoms with Crippen LogP contribution in [0.5, 0.6) is 0 Å². The first-order chi connectivity index (χ1) is 12.1. The van der Waals surface area contributed by atoms with Crippen LogP contribution in [0.15, 0.2) is 35.6 Å². The van der Waals surface area contributed by atoms with E-state index in [1.54, 1.807) is 29.8 Å². The van der Waals surface area contributed by atoms with E-state index >= 15 is 0 Å². The molecule has 1 aromatic carbocycles. The Morgan fingerprint density at radius 1 is 1.36 bits per heavy atom. The maximum absolute atomic E-state index is 12.5. The molecule has 2 aromatic heterocycles. The van der Waals surface area contributed by atoms with Crippen molar-refractivity contribution in [1.29, 1.82) is 0 Å². The molecular formula is C18H16ClN3OS2. The van der Waals surface area contributed by atoms with Gasteiger partial charge in [-0.3, -0.25) is 4.79 Å². The average molecular weight is 390 g/mol. The maximum atomic E-state index is 12.5. The van der Waals surface area contributed by atoms with Crippen LogP contribution in [0.2, 0.25) is 5.02 Å². The summed E-state index contributed by atoms with van der Waals surface area (Å²) in [6.45, 7) is 1.89. The Morgan fingerprint density at radius 2 is 2.24 bits per heavy atom. The third-order valence-corrected chi connectivity index (χ3v) is 6.75. The molecule has 25 heavy (non-hydrogen) atoms. The van der Waals surface area contributed by atoms with Crippen molar-refractivity contribution in [2.45, 2.75) is 36.5 Å². The lowest BCUT2D eigenvalue weighted by molar-refractivity contribution is -0.115. The molecule has 0 spiro atoms. The monoisotopic (exact) mass is 389 g/mol. The number of hydrogen-bond acceptors (Lipinski definition) is 5. The second-order valence-corrected chi connectivity index (χ2v) is 8.83. The van der Waals surface area contributed by atoms with E-state index in [1.807, 2.05) is 19.1 Å². The standard InChI is InChI=1S/C18H16ClN3OS2/c1-10(16(23)22-12-5-2-4-11(19)8-12)24-17-15-13-6-3-7-14(13)25-18(15)21-9-20-17/h2,4-5,8-10H,3,6-7H2,1H3,(H,22,23)/t10-/m1/s1. The molecule has 1 aliphatic carbocycles. The topological polar surface area (TPSA) is 54.9 Å². The molecule has 1 amide bonds. The van der Waals surface area contributed by atoms with Crippen molar-refractivity contribution >= 4 is 56.5 Å². The predicted octanol–water partition coefficient (Wildman–Crippen LogP) is 4.95. The summed E-state index contributed by atoms with van der Waals surface area (Å²) in [6, 6.07) is 7.17. The highest BCUT2D eigenvalue weighted by Gasteiger charge is 2.23. The van der Waals surface area contributed by atoms with Gasteiger partial charge in [-0.15, -0.1) is 11.3 Å². The van der Waals surface area contributed by atoms with E-state index < -0.39 is 0 Å². The van der Waals surface area contributed by atoms with Gasteiger partial charge < -0.3 is 5.32 Å². The molecule has 0 bridgehead atoms. The highest BCUT2D eigenvalue weighted by molar-refractivity contribution is 8.00. The van der Waals surface area contributed by atoms with Gasteiger partial charge in [0.1, 0.15) is 16.2 Å². The molecule has 0 saturated heterocycles. The molecule has 0 aliphatic heterocycles. The van der Waals surface area contributed by atoms with Crippen LogP contribution in [-0.2, 0) is 17.6 Å². The lowest BCUT2D eigenvalue weighted by Crippen LogP contribution is -2.22. The van der Waals surface area contributed by atoms with E-state index in [1.165, 1.54) is 28.6 Å². The molecule has 7 heteroatoms. The summed E-state index contributed by atoms with van der Waals surface area (Å²) < 4.78 is 0. The number of carbonyl (C=O) groups excluding carboxylic acids is 1. The highest BCUT2D eigenvalue weighted by Crippen LogP contribution is 2.40. The number of amides is 1. The van der Waals surface area contributed by atoms with Gasteiger partial charge in [0.05, 0.1) is 5.25 Å². The molecule has 0 unspecified atom stereocenters. The van der Waals surface area contributed by atoms with Crippen LogP contribution < -0.4 is 5.32 Å². The molecule has 128 valence electrons. The number of thiophene rings is 1. The Balaban J connectivity index is 1.55. The van der Waals surface area contributed by atoms with Gasteiger partial charge in [-0.2, -0.15) is 0 Å². The Labute approximate surface area is 159 Å². The minimum Gasteiger partial charge on any atom is -0.325 e. The van der Waals surface area contributed by atoms with Gasteiger partial charge in [0.2, 0.25) is 5.91 Å². The number of aromatic nitrogens is 2. The molecule has 1 N–H and O–H groups in total. The maximum Gasteiger partial charge on any atom is 0.237 e. The van der Waals surface area contributed by atoms with Crippen molar-refractivity contribution < 1.29 is 4.79 Å². The number of rotatable bonds is 4. The summed E-state index contributed by atoms with van der Waals surface area (Å²) >= 11 is 9.22. The Bertz CT molecular complexity index is 957. The van der Waals surface area contributed by atoms with E-state index in [9.17, 15) is 4.79 Å². The average Bonchev–Trinajstić information content (AvgIpc) is 3.15. The zero-order valence-electron chi connectivity index (χ0n) is 13.6. The summed E-state index contributed by atoms with van der Waals surface area (Å²) in [5, 5.41) is 5.29. The van der Waals surface area contributed by atoms with Crippen molar-refractivity contribution in [2.24, 2.45) is 0 Å². The molecular weight excluding hydrogens is 374 g/mol. The summed E-state index contributed by atoms with van der Waals surface area (Å²) in [7, 11) is 0. The van der Waals surface area contributed by atoms with Gasteiger partial charge in [0.15, 0.2) is 0 Å². The number of halogens is 1. The number of thioether (sulfide) groups is 1. The molecule has 0 fully saturated rings. The fourth-order valence-corrected chi connectivity index (χ4v) is 5.45. The Hall–Kier alpha value is -1.63. The second-order valence-electron chi connectivity index (χ2n) is 5.98. The van der Waals surface area contributed by atoms with E-state index in [-0.39, 0.29) is 11.2 Å². The van der Waals surface area contributed by atoms with Crippen molar-refractivity contribution in [3.8, 4) is 0 Å². The largest absolute Gasteiger partial charge is 0.325 e. The Morgan fingerprint density at radius 3 is 3.08 bits per heavy atom. The lowest BCUT2D eigenvalue weighted by Gasteiger charge is -2.12. The van der Waals surface area contributed by atoms with Crippen LogP contribution in [0.25, 0.3) is 10.2 Å². The number of nitrogens with one attached hydrogen (secondary N) is 1. The van der Waals surface area contributed by atoms with Gasteiger partial charge in [-0.05, 0) is 49.9 Å². The smallest absolute Gasteiger partial charge is 0.237 e. The predicted molar refractivity (Wildman–Crippen MR) is 105 cm³/mol. The van der Waals surface area contributed by atoms with Crippen LogP contribution in [0.3, 0.4) is 0 Å². The van der Waals surface area contributed by atoms with Crippen molar-refractivity contribution in [3.05, 3.63) is 46.1 Å². The van der Waals surface area contributed by atoms with Crippen LogP contribution in [0.1, 0.15) is 23.8 Å². The second kappa shape index (κ2) is 6.94. The number of aryl methyl sites for hydroxylation is 2. The molecule has 4 nitrogen and oxygen atoms in total. The van der Waals surface area contributed by atoms with Gasteiger partial charge in [-0.25, -0.2) is 9.97 Å². The summed E-state index contributed by atoms with van der Waals surface area (Å²) in [5.74, 6) is -0.0640. The minimum atomic E-state index is -0.269. The van der Waals surface area contributed by atoms with Gasteiger partial charge in [0.25, 0.3) is 0 Å². The van der Waals surface area contributed by atoms with E-state index in [0.29, 0.717) is 10.7 Å². The number of nitrogens with zero attached hydrogens (tertiary/aromatic N) is 2. The molecule has 3 aromatic rings. The number of hydrogen-bond donors (Lipinski definition) is 1. The normalized spacial score (nSPS) is 14.5. The summed E-state index contributed by atoms with van der Waals surface area (Å²) in [6.07, 6.45) is 5.00. The number of anilines is 1. The SMILES string of the molecule is C[C@@H](Sc1ncnc2sc3c(c12)CCC3)C(=O)Nc1cccc(Cl)c1. The first-order valence-electron chi connectivity index (χ1n) is 8.10. The molecule has 1 atom stereocenters.